The monoisotopic (exact) mass is 458 g/mol. The molecule has 0 saturated heterocycles. The van der Waals surface area contributed by atoms with E-state index in [4.69, 9.17) is 9.57 Å². The third kappa shape index (κ3) is 9.86. The van der Waals surface area contributed by atoms with Gasteiger partial charge < -0.3 is 15.2 Å². The quantitative estimate of drug-likeness (QED) is 0.246. The maximum atomic E-state index is 11.3. The van der Waals surface area contributed by atoms with Gasteiger partial charge in [0.25, 0.3) is 0 Å². The Balaban J connectivity index is 2.71. The van der Waals surface area contributed by atoms with E-state index in [1.807, 2.05) is 50.3 Å². The summed E-state index contributed by atoms with van der Waals surface area (Å²) in [6, 6.07) is 7.13. The lowest BCUT2D eigenvalue weighted by molar-refractivity contribution is -0.139. The molecule has 0 radical (unpaired) electrons. The van der Waals surface area contributed by atoms with Crippen molar-refractivity contribution in [3.8, 4) is 5.75 Å². The number of rotatable bonds is 12. The van der Waals surface area contributed by atoms with Crippen molar-refractivity contribution in [3.63, 3.8) is 0 Å². The van der Waals surface area contributed by atoms with Crippen LogP contribution in [0.3, 0.4) is 0 Å². The summed E-state index contributed by atoms with van der Waals surface area (Å²) < 4.78 is 5.97. The molecule has 1 aromatic carbocycles. The van der Waals surface area contributed by atoms with Crippen LogP contribution in [0, 0.1) is 5.92 Å². The summed E-state index contributed by atoms with van der Waals surface area (Å²) in [6.07, 6.45) is 4.33. The number of aliphatic carboxylic acids is 1. The highest BCUT2D eigenvalue weighted by atomic mass is 79.9. The Morgan fingerprint density at radius 2 is 1.96 bits per heavy atom. The largest absolute Gasteiger partial charge is 0.497 e. The number of hydroxylamine groups is 1. The van der Waals surface area contributed by atoms with E-state index in [9.17, 15) is 9.90 Å². The van der Waals surface area contributed by atoms with E-state index in [0.717, 1.165) is 20.2 Å². The average Bonchev–Trinajstić information content (AvgIpc) is 2.61. The van der Waals surface area contributed by atoms with Crippen LogP contribution in [0.2, 0.25) is 0 Å². The first-order valence-electron chi connectivity index (χ1n) is 8.50. The predicted octanol–water partition coefficient (Wildman–Crippen LogP) is 4.15. The van der Waals surface area contributed by atoms with Crippen molar-refractivity contribution in [3.05, 3.63) is 45.9 Å². The Kier molecular flexibility index (Phi) is 11.2. The van der Waals surface area contributed by atoms with Gasteiger partial charge in [0.05, 0.1) is 19.2 Å². The van der Waals surface area contributed by atoms with Gasteiger partial charge in [-0.2, -0.15) is 0 Å². The number of benzene rings is 1. The van der Waals surface area contributed by atoms with Gasteiger partial charge in [0.2, 0.25) is 0 Å². The number of carboxylic acids is 1. The minimum absolute atomic E-state index is 0.310. The fourth-order valence-electron chi connectivity index (χ4n) is 2.18. The molecular weight excluding hydrogens is 432 g/mol. The molecule has 27 heavy (non-hydrogen) atoms. The lowest BCUT2D eigenvalue weighted by Gasteiger charge is -2.15. The van der Waals surface area contributed by atoms with Crippen molar-refractivity contribution in [2.75, 3.05) is 20.8 Å². The van der Waals surface area contributed by atoms with E-state index in [1.54, 1.807) is 14.2 Å². The van der Waals surface area contributed by atoms with Gasteiger partial charge in [-0.05, 0) is 42.7 Å². The lowest BCUT2D eigenvalue weighted by Crippen LogP contribution is -2.37. The fraction of sp³-hybridized carbons (Fsp3) is 0.421. The highest BCUT2D eigenvalue weighted by molar-refractivity contribution is 9.11. The zero-order chi connectivity index (χ0) is 20.2. The number of thioether (sulfide) groups is 1. The predicted molar refractivity (Wildman–Crippen MR) is 113 cm³/mol. The molecule has 8 heteroatoms. The summed E-state index contributed by atoms with van der Waals surface area (Å²) in [5.74, 6) is 0.274. The van der Waals surface area contributed by atoms with Crippen LogP contribution in [-0.2, 0) is 9.63 Å². The molecule has 3 N–H and O–H groups in total. The molecule has 1 unspecified atom stereocenters. The zero-order valence-electron chi connectivity index (χ0n) is 16.0. The minimum Gasteiger partial charge on any atom is -0.497 e. The zero-order valence-corrected chi connectivity index (χ0v) is 18.4. The van der Waals surface area contributed by atoms with E-state index in [1.165, 1.54) is 11.8 Å². The summed E-state index contributed by atoms with van der Waals surface area (Å²) >= 11 is 4.99. The molecule has 0 fully saturated rings. The molecular formula is C19H27BrN2O4S. The number of hydrogen-bond donors (Lipinski definition) is 3. The van der Waals surface area contributed by atoms with Crippen LogP contribution in [-0.4, -0.2) is 37.9 Å². The molecule has 1 atom stereocenters. The Hall–Kier alpha value is -1.48. The second-order valence-electron chi connectivity index (χ2n) is 6.11. The summed E-state index contributed by atoms with van der Waals surface area (Å²) in [4.78, 5) is 17.3. The van der Waals surface area contributed by atoms with Crippen LogP contribution in [0.5, 0.6) is 5.75 Å². The summed E-state index contributed by atoms with van der Waals surface area (Å²) in [6.45, 7) is 4.45. The first-order valence-corrected chi connectivity index (χ1v) is 10.1. The van der Waals surface area contributed by atoms with E-state index in [0.29, 0.717) is 18.9 Å². The molecule has 0 aliphatic rings. The number of halogens is 1. The first kappa shape index (κ1) is 23.6. The highest BCUT2D eigenvalue weighted by Crippen LogP contribution is 2.28. The van der Waals surface area contributed by atoms with Crippen molar-refractivity contribution >= 4 is 33.7 Å². The van der Waals surface area contributed by atoms with E-state index in [2.05, 4.69) is 26.7 Å². The van der Waals surface area contributed by atoms with Crippen molar-refractivity contribution in [2.45, 2.75) is 31.2 Å². The Labute approximate surface area is 173 Å². The van der Waals surface area contributed by atoms with Gasteiger partial charge in [-0.25, -0.2) is 0 Å². The van der Waals surface area contributed by atoms with Gasteiger partial charge in [0.15, 0.2) is 0 Å². The van der Waals surface area contributed by atoms with Gasteiger partial charge in [-0.15, -0.1) is 0 Å². The smallest absolute Gasteiger partial charge is 0.320 e. The van der Waals surface area contributed by atoms with E-state index >= 15 is 0 Å². The number of carbonyl (C=O) groups is 1. The third-order valence-electron chi connectivity index (χ3n) is 3.43. The number of carboxylic acid groups (broad SMARTS) is 1. The minimum atomic E-state index is -0.833. The molecule has 1 rings (SSSR count). The van der Waals surface area contributed by atoms with Gasteiger partial charge in [-0.1, -0.05) is 47.6 Å². The van der Waals surface area contributed by atoms with Crippen LogP contribution < -0.4 is 15.5 Å². The summed E-state index contributed by atoms with van der Waals surface area (Å²) in [5.41, 5.74) is 2.84. The number of methoxy groups -OCH3 is 1. The number of allylic oxidation sites excluding steroid dienone is 2. The highest BCUT2D eigenvalue weighted by Gasteiger charge is 2.17. The van der Waals surface area contributed by atoms with Gasteiger partial charge in [0.1, 0.15) is 11.8 Å². The van der Waals surface area contributed by atoms with Crippen molar-refractivity contribution in [1.82, 2.24) is 10.8 Å². The van der Waals surface area contributed by atoms with Crippen LogP contribution in [0.1, 0.15) is 20.3 Å². The number of ether oxygens (including phenoxy) is 1. The van der Waals surface area contributed by atoms with Gasteiger partial charge in [0, 0.05) is 15.9 Å². The SMILES string of the molecule is CON/C(=C\C(Br)=C/CNC(CC(C)C)C(=O)O)Sc1ccc(OC)cc1. The Bertz CT molecular complexity index is 648. The average molecular weight is 459 g/mol. The molecule has 150 valence electrons. The van der Waals surface area contributed by atoms with E-state index in [-0.39, 0.29) is 0 Å². The van der Waals surface area contributed by atoms with Crippen LogP contribution >= 0.6 is 27.7 Å². The van der Waals surface area contributed by atoms with Crippen molar-refractivity contribution < 1.29 is 19.5 Å². The Morgan fingerprint density at radius 3 is 2.48 bits per heavy atom. The second kappa shape index (κ2) is 12.8. The lowest BCUT2D eigenvalue weighted by atomic mass is 10.0. The number of nitrogens with one attached hydrogen (secondary N) is 2. The summed E-state index contributed by atoms with van der Waals surface area (Å²) in [7, 11) is 3.18. The van der Waals surface area contributed by atoms with Crippen LogP contribution in [0.25, 0.3) is 0 Å². The number of hydrogen-bond acceptors (Lipinski definition) is 6. The molecule has 0 saturated carbocycles. The van der Waals surface area contributed by atoms with Gasteiger partial charge >= 0.3 is 5.97 Å². The molecule has 0 aromatic heterocycles. The molecule has 0 amide bonds. The summed E-state index contributed by atoms with van der Waals surface area (Å²) in [5, 5.41) is 13.1. The molecule has 0 aliphatic carbocycles. The van der Waals surface area contributed by atoms with E-state index < -0.39 is 12.0 Å². The third-order valence-corrected chi connectivity index (χ3v) is 4.91. The standard InChI is InChI=1S/C19H27BrN2O4S/c1-13(2)11-17(19(23)24)21-10-9-14(20)12-18(22-26-4)27-16-7-5-15(25-3)6-8-16/h5-9,12-13,17,21-22H,10-11H2,1-4H3,(H,23,24)/b14-9+,18-12+. The van der Waals surface area contributed by atoms with Gasteiger partial charge in [-0.3, -0.25) is 15.1 Å². The van der Waals surface area contributed by atoms with Crippen LogP contribution in [0.15, 0.2) is 50.8 Å². The second-order valence-corrected chi connectivity index (χ2v) is 8.14. The molecule has 6 nitrogen and oxygen atoms in total. The van der Waals surface area contributed by atoms with Crippen molar-refractivity contribution in [1.29, 1.82) is 0 Å². The molecule has 0 heterocycles. The maximum absolute atomic E-state index is 11.3. The normalized spacial score (nSPS) is 13.6. The molecule has 0 aliphatic heterocycles. The fourth-order valence-corrected chi connectivity index (χ4v) is 3.56. The van der Waals surface area contributed by atoms with Crippen LogP contribution in [0.4, 0.5) is 0 Å². The maximum Gasteiger partial charge on any atom is 0.320 e. The molecule has 0 spiro atoms. The van der Waals surface area contributed by atoms with Crippen molar-refractivity contribution in [2.24, 2.45) is 5.92 Å². The Morgan fingerprint density at radius 1 is 1.30 bits per heavy atom. The molecule has 1 aromatic rings. The topological polar surface area (TPSA) is 79.8 Å². The molecule has 0 bridgehead atoms. The first-order chi connectivity index (χ1) is 12.8.